The summed E-state index contributed by atoms with van der Waals surface area (Å²) >= 11 is 0. The maximum Gasteiger partial charge on any atom is 0.306 e. The first-order chi connectivity index (χ1) is 8.25. The molecule has 0 aliphatic carbocycles. The van der Waals surface area contributed by atoms with E-state index in [9.17, 15) is 9.59 Å². The van der Waals surface area contributed by atoms with Crippen LogP contribution in [0.2, 0.25) is 0 Å². The van der Waals surface area contributed by atoms with Gasteiger partial charge in [-0.05, 0) is 26.7 Å². The van der Waals surface area contributed by atoms with Crippen LogP contribution in [0.25, 0.3) is 0 Å². The highest BCUT2D eigenvalue weighted by molar-refractivity contribution is 5.79. The Morgan fingerprint density at radius 2 is 1.72 bits per heavy atom. The SMILES string of the molecule is CC(CCCC(C)C(=O)O)NC(=O)C(C)C(C)N. The molecule has 0 fully saturated rings. The second-order valence-electron chi connectivity index (χ2n) is 5.23. The van der Waals surface area contributed by atoms with Gasteiger partial charge in [0.2, 0.25) is 5.91 Å². The van der Waals surface area contributed by atoms with Crippen molar-refractivity contribution in [3.8, 4) is 0 Å². The van der Waals surface area contributed by atoms with Crippen molar-refractivity contribution >= 4 is 11.9 Å². The van der Waals surface area contributed by atoms with Crippen molar-refractivity contribution in [2.45, 2.75) is 59.0 Å². The number of carbonyl (C=O) groups excluding carboxylic acids is 1. The molecule has 1 amide bonds. The molecule has 0 saturated heterocycles. The molecule has 4 N–H and O–H groups in total. The Balaban J connectivity index is 3.87. The van der Waals surface area contributed by atoms with Gasteiger partial charge in [-0.15, -0.1) is 0 Å². The van der Waals surface area contributed by atoms with Gasteiger partial charge < -0.3 is 16.2 Å². The van der Waals surface area contributed by atoms with Crippen molar-refractivity contribution in [3.05, 3.63) is 0 Å². The number of carboxylic acid groups (broad SMARTS) is 1. The molecule has 0 radical (unpaired) electrons. The van der Waals surface area contributed by atoms with E-state index in [-0.39, 0.29) is 29.8 Å². The molecule has 0 saturated carbocycles. The minimum Gasteiger partial charge on any atom is -0.481 e. The molecule has 0 heterocycles. The Bertz CT molecular complexity index is 279. The van der Waals surface area contributed by atoms with E-state index >= 15 is 0 Å². The molecule has 106 valence electrons. The lowest BCUT2D eigenvalue weighted by molar-refractivity contribution is -0.141. The lowest BCUT2D eigenvalue weighted by Gasteiger charge is -2.19. The van der Waals surface area contributed by atoms with E-state index in [2.05, 4.69) is 5.32 Å². The van der Waals surface area contributed by atoms with Crippen molar-refractivity contribution in [1.82, 2.24) is 5.32 Å². The van der Waals surface area contributed by atoms with Crippen LogP contribution in [0.5, 0.6) is 0 Å². The summed E-state index contributed by atoms with van der Waals surface area (Å²) in [5, 5.41) is 11.6. The Labute approximate surface area is 109 Å². The zero-order valence-corrected chi connectivity index (χ0v) is 11.8. The highest BCUT2D eigenvalue weighted by Gasteiger charge is 2.18. The van der Waals surface area contributed by atoms with Gasteiger partial charge in [-0.1, -0.05) is 20.3 Å². The van der Waals surface area contributed by atoms with E-state index in [0.717, 1.165) is 12.8 Å². The van der Waals surface area contributed by atoms with Gasteiger partial charge in [0.05, 0.1) is 5.92 Å². The van der Waals surface area contributed by atoms with Gasteiger partial charge in [0, 0.05) is 18.0 Å². The lowest BCUT2D eigenvalue weighted by Crippen LogP contribution is -2.42. The van der Waals surface area contributed by atoms with Gasteiger partial charge in [-0.3, -0.25) is 9.59 Å². The topological polar surface area (TPSA) is 92.4 Å². The highest BCUT2D eigenvalue weighted by Crippen LogP contribution is 2.10. The third kappa shape index (κ3) is 6.59. The molecule has 4 atom stereocenters. The Kier molecular flexibility index (Phi) is 7.59. The molecule has 0 bridgehead atoms. The molecule has 0 spiro atoms. The molecule has 0 aromatic rings. The van der Waals surface area contributed by atoms with Crippen LogP contribution < -0.4 is 11.1 Å². The molecule has 5 heteroatoms. The first-order valence-electron chi connectivity index (χ1n) is 6.54. The Morgan fingerprint density at radius 1 is 1.17 bits per heavy atom. The van der Waals surface area contributed by atoms with Crippen LogP contribution in [0, 0.1) is 11.8 Å². The fraction of sp³-hybridized carbons (Fsp3) is 0.846. The fourth-order valence-electron chi connectivity index (χ4n) is 1.54. The van der Waals surface area contributed by atoms with Crippen LogP contribution in [-0.2, 0) is 9.59 Å². The monoisotopic (exact) mass is 258 g/mol. The third-order valence-electron chi connectivity index (χ3n) is 3.29. The van der Waals surface area contributed by atoms with E-state index in [1.807, 2.05) is 13.8 Å². The molecule has 0 aliphatic rings. The minimum atomic E-state index is -0.766. The molecular formula is C13H26N2O3. The molecule has 5 nitrogen and oxygen atoms in total. The smallest absolute Gasteiger partial charge is 0.306 e. The van der Waals surface area contributed by atoms with Gasteiger partial charge in [0.1, 0.15) is 0 Å². The summed E-state index contributed by atoms with van der Waals surface area (Å²) in [7, 11) is 0. The summed E-state index contributed by atoms with van der Waals surface area (Å²) in [6.45, 7) is 7.24. The molecule has 4 unspecified atom stereocenters. The van der Waals surface area contributed by atoms with Crippen molar-refractivity contribution in [1.29, 1.82) is 0 Å². The van der Waals surface area contributed by atoms with E-state index in [1.54, 1.807) is 13.8 Å². The van der Waals surface area contributed by atoms with Gasteiger partial charge in [0.15, 0.2) is 0 Å². The number of nitrogens with two attached hydrogens (primary N) is 1. The van der Waals surface area contributed by atoms with Crippen LogP contribution in [-0.4, -0.2) is 29.1 Å². The number of rotatable bonds is 8. The molecular weight excluding hydrogens is 232 g/mol. The summed E-state index contributed by atoms with van der Waals surface area (Å²) in [4.78, 5) is 22.3. The number of hydrogen-bond acceptors (Lipinski definition) is 3. The maximum atomic E-state index is 11.7. The van der Waals surface area contributed by atoms with Crippen LogP contribution in [0.15, 0.2) is 0 Å². The van der Waals surface area contributed by atoms with E-state index in [1.165, 1.54) is 0 Å². The van der Waals surface area contributed by atoms with Gasteiger partial charge in [-0.25, -0.2) is 0 Å². The predicted molar refractivity (Wildman–Crippen MR) is 71.1 cm³/mol. The van der Waals surface area contributed by atoms with Crippen LogP contribution in [0.4, 0.5) is 0 Å². The predicted octanol–water partition coefficient (Wildman–Crippen LogP) is 1.37. The molecule has 0 aromatic heterocycles. The number of carbonyl (C=O) groups is 2. The highest BCUT2D eigenvalue weighted by atomic mass is 16.4. The maximum absolute atomic E-state index is 11.7. The summed E-state index contributed by atoms with van der Waals surface area (Å²) < 4.78 is 0. The van der Waals surface area contributed by atoms with Crippen molar-refractivity contribution < 1.29 is 14.7 Å². The normalized spacial score (nSPS) is 17.6. The molecule has 0 aliphatic heterocycles. The van der Waals surface area contributed by atoms with Crippen molar-refractivity contribution in [2.24, 2.45) is 17.6 Å². The van der Waals surface area contributed by atoms with Gasteiger partial charge in [0.25, 0.3) is 0 Å². The summed E-state index contributed by atoms with van der Waals surface area (Å²) in [5.74, 6) is -1.33. The second-order valence-corrected chi connectivity index (χ2v) is 5.23. The fourth-order valence-corrected chi connectivity index (χ4v) is 1.54. The van der Waals surface area contributed by atoms with E-state index in [0.29, 0.717) is 6.42 Å². The summed E-state index contributed by atoms with van der Waals surface area (Å²) in [6.07, 6.45) is 2.22. The van der Waals surface area contributed by atoms with Crippen LogP contribution >= 0.6 is 0 Å². The average molecular weight is 258 g/mol. The third-order valence-corrected chi connectivity index (χ3v) is 3.29. The molecule has 18 heavy (non-hydrogen) atoms. The quantitative estimate of drug-likeness (QED) is 0.613. The van der Waals surface area contributed by atoms with Gasteiger partial charge in [-0.2, -0.15) is 0 Å². The van der Waals surface area contributed by atoms with E-state index < -0.39 is 5.97 Å². The number of hydrogen-bond donors (Lipinski definition) is 3. The van der Waals surface area contributed by atoms with Crippen molar-refractivity contribution in [3.63, 3.8) is 0 Å². The minimum absolute atomic E-state index is 0.0382. The average Bonchev–Trinajstić information content (AvgIpc) is 2.27. The molecule has 0 aromatic carbocycles. The number of aliphatic carboxylic acids is 1. The summed E-state index contributed by atoms with van der Waals surface area (Å²) in [6, 6.07) is -0.107. The first-order valence-corrected chi connectivity index (χ1v) is 6.54. The number of nitrogens with one attached hydrogen (secondary N) is 1. The first kappa shape index (κ1) is 16.9. The van der Waals surface area contributed by atoms with Crippen molar-refractivity contribution in [2.75, 3.05) is 0 Å². The van der Waals surface area contributed by atoms with Gasteiger partial charge >= 0.3 is 5.97 Å². The molecule has 0 rings (SSSR count). The Hall–Kier alpha value is -1.10. The zero-order chi connectivity index (χ0) is 14.3. The summed E-state index contributed by atoms with van der Waals surface area (Å²) in [5.41, 5.74) is 5.66. The standard InChI is InChI=1S/C13H26N2O3/c1-8(13(17)18)6-5-7-9(2)15-12(16)10(3)11(4)14/h8-11H,5-7,14H2,1-4H3,(H,15,16)(H,17,18). The Morgan fingerprint density at radius 3 is 2.17 bits per heavy atom. The lowest BCUT2D eigenvalue weighted by atomic mass is 10.0. The second kappa shape index (κ2) is 8.08. The number of amides is 1. The van der Waals surface area contributed by atoms with E-state index in [4.69, 9.17) is 10.8 Å². The largest absolute Gasteiger partial charge is 0.481 e. The van der Waals surface area contributed by atoms with Crippen LogP contribution in [0.1, 0.15) is 47.0 Å². The number of carboxylic acids is 1. The van der Waals surface area contributed by atoms with Crippen LogP contribution in [0.3, 0.4) is 0 Å². The zero-order valence-electron chi connectivity index (χ0n) is 11.8.